The van der Waals surface area contributed by atoms with Crippen LogP contribution in [0.3, 0.4) is 0 Å². The number of hydrogen-bond acceptors (Lipinski definition) is 4. The maximum absolute atomic E-state index is 5.99. The van der Waals surface area contributed by atoms with E-state index in [1.54, 1.807) is 0 Å². The summed E-state index contributed by atoms with van der Waals surface area (Å²) in [5, 5.41) is 0. The molecule has 1 aromatic carbocycles. The van der Waals surface area contributed by atoms with Gasteiger partial charge in [0, 0.05) is 19.6 Å². The highest BCUT2D eigenvalue weighted by atomic mass is 16.5. The monoisotopic (exact) mass is 303 g/mol. The van der Waals surface area contributed by atoms with Crippen molar-refractivity contribution in [3.63, 3.8) is 0 Å². The highest BCUT2D eigenvalue weighted by Gasteiger charge is 2.19. The lowest BCUT2D eigenvalue weighted by Gasteiger charge is -2.31. The first-order chi connectivity index (χ1) is 10.7. The number of rotatable bonds is 5. The zero-order valence-corrected chi connectivity index (χ0v) is 13.8. The van der Waals surface area contributed by atoms with Crippen molar-refractivity contribution < 1.29 is 4.74 Å². The predicted molar refractivity (Wildman–Crippen MR) is 90.0 cm³/mol. The maximum atomic E-state index is 5.99. The van der Waals surface area contributed by atoms with E-state index in [2.05, 4.69) is 34.9 Å². The van der Waals surface area contributed by atoms with Crippen LogP contribution < -0.4 is 10.5 Å². The number of likely N-dealkylation sites (tertiary alicyclic amines) is 1. The van der Waals surface area contributed by atoms with E-state index in [1.807, 2.05) is 0 Å². The molecule has 4 nitrogen and oxygen atoms in total. The van der Waals surface area contributed by atoms with E-state index >= 15 is 0 Å². The van der Waals surface area contributed by atoms with Crippen LogP contribution in [0.1, 0.15) is 37.3 Å². The smallest absolute Gasteiger partial charge is 0.119 e. The van der Waals surface area contributed by atoms with E-state index in [9.17, 15) is 0 Å². The van der Waals surface area contributed by atoms with Gasteiger partial charge in [-0.05, 0) is 62.5 Å². The summed E-state index contributed by atoms with van der Waals surface area (Å²) in [6.45, 7) is 8.38. The summed E-state index contributed by atoms with van der Waals surface area (Å²) >= 11 is 0. The quantitative estimate of drug-likeness (QED) is 0.905. The van der Waals surface area contributed by atoms with Gasteiger partial charge in [-0.15, -0.1) is 0 Å². The van der Waals surface area contributed by atoms with Gasteiger partial charge in [-0.25, -0.2) is 0 Å². The minimum atomic E-state index is 0.133. The Labute approximate surface area is 134 Å². The first-order valence-corrected chi connectivity index (χ1v) is 8.69. The lowest BCUT2D eigenvalue weighted by Crippen LogP contribution is -2.42. The topological polar surface area (TPSA) is 41.7 Å². The first kappa shape index (κ1) is 15.8. The highest BCUT2D eigenvalue weighted by Crippen LogP contribution is 2.24. The first-order valence-electron chi connectivity index (χ1n) is 8.69. The summed E-state index contributed by atoms with van der Waals surface area (Å²) in [5.41, 5.74) is 8.81. The van der Waals surface area contributed by atoms with Crippen LogP contribution in [0, 0.1) is 0 Å². The SMILES string of the molecule is CC(N)N1CCc2cc(OCCN3CCCCC3)ccc2C1. The molecule has 2 heterocycles. The van der Waals surface area contributed by atoms with Crippen LogP contribution in [0.25, 0.3) is 0 Å². The molecule has 1 unspecified atom stereocenters. The lowest BCUT2D eigenvalue weighted by atomic mass is 9.99. The van der Waals surface area contributed by atoms with Gasteiger partial charge in [-0.3, -0.25) is 9.80 Å². The van der Waals surface area contributed by atoms with E-state index in [-0.39, 0.29) is 6.17 Å². The van der Waals surface area contributed by atoms with Crippen molar-refractivity contribution in [2.45, 2.75) is 45.3 Å². The molecule has 1 aromatic rings. The molecule has 2 aliphatic rings. The summed E-state index contributed by atoms with van der Waals surface area (Å²) in [6.07, 6.45) is 5.28. The molecule has 1 atom stereocenters. The second-order valence-electron chi connectivity index (χ2n) is 6.64. The number of benzene rings is 1. The Kier molecular flexibility index (Phi) is 5.34. The summed E-state index contributed by atoms with van der Waals surface area (Å²) in [4.78, 5) is 4.83. The second-order valence-corrected chi connectivity index (χ2v) is 6.64. The molecule has 0 spiro atoms. The molecule has 1 saturated heterocycles. The molecule has 2 N–H and O–H groups in total. The summed E-state index contributed by atoms with van der Waals surface area (Å²) < 4.78 is 5.97. The number of nitrogens with two attached hydrogens (primary N) is 1. The molecule has 122 valence electrons. The van der Waals surface area contributed by atoms with Gasteiger partial charge >= 0.3 is 0 Å². The van der Waals surface area contributed by atoms with E-state index in [0.717, 1.165) is 38.4 Å². The third-order valence-corrected chi connectivity index (χ3v) is 4.92. The molecule has 22 heavy (non-hydrogen) atoms. The number of fused-ring (bicyclic) bond motifs is 1. The van der Waals surface area contributed by atoms with Crippen LogP contribution in [0.4, 0.5) is 0 Å². The largest absolute Gasteiger partial charge is 0.492 e. The number of nitrogens with zero attached hydrogens (tertiary/aromatic N) is 2. The maximum Gasteiger partial charge on any atom is 0.119 e. The van der Waals surface area contributed by atoms with E-state index < -0.39 is 0 Å². The molecule has 0 amide bonds. The summed E-state index contributed by atoms with van der Waals surface area (Å²) in [6, 6.07) is 6.55. The Morgan fingerprint density at radius 2 is 1.95 bits per heavy atom. The Morgan fingerprint density at radius 3 is 2.73 bits per heavy atom. The number of piperidine rings is 1. The normalized spacial score (nSPS) is 21.4. The standard InChI is InChI=1S/C18H29N3O/c1-15(19)21-10-7-16-13-18(6-5-17(16)14-21)22-12-11-20-8-3-2-4-9-20/h5-6,13,15H,2-4,7-12,14,19H2,1H3. The third kappa shape index (κ3) is 4.00. The van der Waals surface area contributed by atoms with Crippen molar-refractivity contribution in [3.05, 3.63) is 29.3 Å². The second kappa shape index (κ2) is 7.44. The van der Waals surface area contributed by atoms with Crippen molar-refractivity contribution in [1.29, 1.82) is 0 Å². The van der Waals surface area contributed by atoms with Crippen LogP contribution in [0.2, 0.25) is 0 Å². The molecular formula is C18H29N3O. The lowest BCUT2D eigenvalue weighted by molar-refractivity contribution is 0.182. The van der Waals surface area contributed by atoms with Gasteiger partial charge in [0.2, 0.25) is 0 Å². The minimum absolute atomic E-state index is 0.133. The van der Waals surface area contributed by atoms with Crippen molar-refractivity contribution >= 4 is 0 Å². The van der Waals surface area contributed by atoms with E-state index in [4.69, 9.17) is 10.5 Å². The molecule has 0 bridgehead atoms. The Morgan fingerprint density at radius 1 is 1.14 bits per heavy atom. The highest BCUT2D eigenvalue weighted by molar-refractivity contribution is 5.37. The van der Waals surface area contributed by atoms with Gasteiger partial charge in [0.05, 0.1) is 6.17 Å². The van der Waals surface area contributed by atoms with Crippen LogP contribution in [0.5, 0.6) is 5.75 Å². The number of hydrogen-bond donors (Lipinski definition) is 1. The number of ether oxygens (including phenoxy) is 1. The fourth-order valence-electron chi connectivity index (χ4n) is 3.46. The molecule has 3 rings (SSSR count). The van der Waals surface area contributed by atoms with Gasteiger partial charge in [-0.1, -0.05) is 12.5 Å². The fourth-order valence-corrected chi connectivity index (χ4v) is 3.46. The molecule has 2 aliphatic heterocycles. The van der Waals surface area contributed by atoms with Crippen molar-refractivity contribution in [1.82, 2.24) is 9.80 Å². The molecule has 0 saturated carbocycles. The van der Waals surface area contributed by atoms with Crippen LogP contribution in [-0.2, 0) is 13.0 Å². The van der Waals surface area contributed by atoms with Crippen LogP contribution >= 0.6 is 0 Å². The Hall–Kier alpha value is -1.10. The average Bonchev–Trinajstić information content (AvgIpc) is 2.55. The Bertz CT molecular complexity index is 483. The molecule has 1 fully saturated rings. The van der Waals surface area contributed by atoms with Gasteiger partial charge in [0.25, 0.3) is 0 Å². The zero-order chi connectivity index (χ0) is 15.4. The summed E-state index contributed by atoms with van der Waals surface area (Å²) in [5.74, 6) is 1.02. The van der Waals surface area contributed by atoms with Crippen LogP contribution in [-0.4, -0.2) is 48.8 Å². The minimum Gasteiger partial charge on any atom is -0.492 e. The van der Waals surface area contributed by atoms with Gasteiger partial charge in [0.15, 0.2) is 0 Å². The average molecular weight is 303 g/mol. The Balaban J connectivity index is 1.51. The van der Waals surface area contributed by atoms with Gasteiger partial charge in [0.1, 0.15) is 12.4 Å². The van der Waals surface area contributed by atoms with Crippen molar-refractivity contribution in [2.75, 3.05) is 32.8 Å². The fraction of sp³-hybridized carbons (Fsp3) is 0.667. The predicted octanol–water partition coefficient (Wildman–Crippen LogP) is 2.21. The van der Waals surface area contributed by atoms with Crippen LogP contribution in [0.15, 0.2) is 18.2 Å². The molecule has 0 aliphatic carbocycles. The van der Waals surface area contributed by atoms with E-state index in [0.29, 0.717) is 0 Å². The van der Waals surface area contributed by atoms with Crippen molar-refractivity contribution in [2.24, 2.45) is 5.73 Å². The molecule has 4 heteroatoms. The van der Waals surface area contributed by atoms with Crippen molar-refractivity contribution in [3.8, 4) is 5.75 Å². The molecule has 0 radical (unpaired) electrons. The van der Waals surface area contributed by atoms with Gasteiger partial charge in [-0.2, -0.15) is 0 Å². The molecular weight excluding hydrogens is 274 g/mol. The zero-order valence-electron chi connectivity index (χ0n) is 13.8. The van der Waals surface area contributed by atoms with E-state index in [1.165, 1.54) is 43.5 Å². The third-order valence-electron chi connectivity index (χ3n) is 4.92. The van der Waals surface area contributed by atoms with Gasteiger partial charge < -0.3 is 10.5 Å². The summed E-state index contributed by atoms with van der Waals surface area (Å²) in [7, 11) is 0. The molecule has 0 aromatic heterocycles.